The molecule has 0 heterocycles. The van der Waals surface area contributed by atoms with Crippen molar-refractivity contribution in [2.75, 3.05) is 0 Å². The van der Waals surface area contributed by atoms with Crippen LogP contribution in [0.4, 0.5) is 0 Å². The third-order valence-electron chi connectivity index (χ3n) is 1.69. The van der Waals surface area contributed by atoms with E-state index in [0.717, 1.165) is 6.42 Å². The van der Waals surface area contributed by atoms with Crippen molar-refractivity contribution in [2.24, 2.45) is 5.92 Å². The fourth-order valence-electron chi connectivity index (χ4n) is 0.618. The van der Waals surface area contributed by atoms with Crippen LogP contribution in [-0.2, 0) is 0 Å². The molecule has 0 radical (unpaired) electrons. The van der Waals surface area contributed by atoms with Crippen LogP contribution in [0, 0.1) is 5.92 Å². The van der Waals surface area contributed by atoms with Crippen molar-refractivity contribution in [3.63, 3.8) is 0 Å². The maximum atomic E-state index is 3.93. The normalized spacial score (nSPS) is 11.7. The first kappa shape index (κ1) is 13.8. The van der Waals surface area contributed by atoms with Gasteiger partial charge in [0.05, 0.1) is 0 Å². The second-order valence-electron chi connectivity index (χ2n) is 2.48. The molecule has 0 saturated carbocycles. The SMILES string of the molecule is C=C/C=C\C(=C)[C@H](C)CC.CC. The highest BCUT2D eigenvalue weighted by atomic mass is 14.0. The number of rotatable bonds is 4. The third-order valence-corrected chi connectivity index (χ3v) is 1.69. The van der Waals surface area contributed by atoms with Crippen LogP contribution >= 0.6 is 0 Å². The molecule has 0 aromatic carbocycles. The molecule has 0 heteroatoms. The van der Waals surface area contributed by atoms with Gasteiger partial charge in [-0.2, -0.15) is 0 Å². The monoisotopic (exact) mass is 166 g/mol. The molecule has 12 heavy (non-hydrogen) atoms. The first-order chi connectivity index (χ1) is 5.72. The van der Waals surface area contributed by atoms with E-state index in [9.17, 15) is 0 Å². The zero-order chi connectivity index (χ0) is 9.98. The van der Waals surface area contributed by atoms with Gasteiger partial charge in [0.1, 0.15) is 0 Å². The minimum Gasteiger partial charge on any atom is -0.0991 e. The molecule has 0 aromatic heterocycles. The van der Waals surface area contributed by atoms with E-state index in [-0.39, 0.29) is 0 Å². The molecule has 0 unspecified atom stereocenters. The molecule has 0 rings (SSSR count). The summed E-state index contributed by atoms with van der Waals surface area (Å²) in [5.41, 5.74) is 1.18. The van der Waals surface area contributed by atoms with Gasteiger partial charge in [0.2, 0.25) is 0 Å². The molecule has 0 aliphatic carbocycles. The van der Waals surface area contributed by atoms with E-state index >= 15 is 0 Å². The molecule has 70 valence electrons. The van der Waals surface area contributed by atoms with Gasteiger partial charge < -0.3 is 0 Å². The van der Waals surface area contributed by atoms with Crippen molar-refractivity contribution in [1.82, 2.24) is 0 Å². The molecule has 0 fully saturated rings. The van der Waals surface area contributed by atoms with Crippen LogP contribution in [0.15, 0.2) is 37.0 Å². The highest BCUT2D eigenvalue weighted by molar-refractivity contribution is 5.19. The van der Waals surface area contributed by atoms with Crippen molar-refractivity contribution < 1.29 is 0 Å². The Morgan fingerprint density at radius 3 is 2.25 bits per heavy atom. The summed E-state index contributed by atoms with van der Waals surface area (Å²) in [6, 6.07) is 0. The lowest BCUT2D eigenvalue weighted by Gasteiger charge is -2.06. The summed E-state index contributed by atoms with van der Waals surface area (Å²) in [6.45, 7) is 15.9. The molecule has 0 spiro atoms. The molecule has 0 bridgehead atoms. The van der Waals surface area contributed by atoms with E-state index in [1.807, 2.05) is 26.0 Å². The highest BCUT2D eigenvalue weighted by Gasteiger charge is 1.97. The van der Waals surface area contributed by atoms with Gasteiger partial charge in [0.25, 0.3) is 0 Å². The van der Waals surface area contributed by atoms with E-state index in [1.165, 1.54) is 5.57 Å². The number of hydrogen-bond donors (Lipinski definition) is 0. The summed E-state index contributed by atoms with van der Waals surface area (Å²) >= 11 is 0. The minimum atomic E-state index is 0.594. The predicted octanol–water partition coefficient (Wildman–Crippen LogP) is 4.36. The van der Waals surface area contributed by atoms with Crippen LogP contribution < -0.4 is 0 Å². The maximum Gasteiger partial charge on any atom is -0.0199 e. The average Bonchev–Trinajstić information content (AvgIpc) is 2.16. The molecule has 0 saturated heterocycles. The Morgan fingerprint density at radius 1 is 1.42 bits per heavy atom. The standard InChI is InChI=1S/C10H16.C2H6/c1-5-7-8-10(4)9(3)6-2;1-2/h5,7-9H,1,4,6H2,2-3H3;1-2H3/b8-7-;/t9-;/m1./s1. The van der Waals surface area contributed by atoms with Gasteiger partial charge in [-0.05, 0) is 12.3 Å². The summed E-state index contributed by atoms with van der Waals surface area (Å²) in [7, 11) is 0. The van der Waals surface area contributed by atoms with Crippen molar-refractivity contribution in [1.29, 1.82) is 0 Å². The van der Waals surface area contributed by atoms with Crippen LogP contribution in [0.5, 0.6) is 0 Å². The lowest BCUT2D eigenvalue weighted by Crippen LogP contribution is -1.92. The van der Waals surface area contributed by atoms with Crippen molar-refractivity contribution >= 4 is 0 Å². The number of hydrogen-bond acceptors (Lipinski definition) is 0. The highest BCUT2D eigenvalue weighted by Crippen LogP contribution is 2.12. The Labute approximate surface area is 77.7 Å². The molecular weight excluding hydrogens is 144 g/mol. The molecule has 0 aromatic rings. The molecule has 0 aliphatic heterocycles. The molecule has 0 nitrogen and oxygen atoms in total. The Kier molecular flexibility index (Phi) is 11.7. The largest absolute Gasteiger partial charge is 0.0991 e. The van der Waals surface area contributed by atoms with E-state index in [0.29, 0.717) is 5.92 Å². The Bertz CT molecular complexity index is 140. The zero-order valence-corrected chi connectivity index (χ0v) is 8.93. The van der Waals surface area contributed by atoms with Gasteiger partial charge in [-0.3, -0.25) is 0 Å². The van der Waals surface area contributed by atoms with Gasteiger partial charge >= 0.3 is 0 Å². The summed E-state index contributed by atoms with van der Waals surface area (Å²) in [5.74, 6) is 0.594. The Morgan fingerprint density at radius 2 is 1.92 bits per heavy atom. The lowest BCUT2D eigenvalue weighted by atomic mass is 10.00. The van der Waals surface area contributed by atoms with Crippen LogP contribution in [0.3, 0.4) is 0 Å². The minimum absolute atomic E-state index is 0.594. The molecule has 0 amide bonds. The zero-order valence-electron chi connectivity index (χ0n) is 8.93. The summed E-state index contributed by atoms with van der Waals surface area (Å²) in [6.07, 6.45) is 6.86. The van der Waals surface area contributed by atoms with Crippen LogP contribution in [-0.4, -0.2) is 0 Å². The summed E-state index contributed by atoms with van der Waals surface area (Å²) < 4.78 is 0. The summed E-state index contributed by atoms with van der Waals surface area (Å²) in [4.78, 5) is 0. The lowest BCUT2D eigenvalue weighted by molar-refractivity contribution is 0.673. The van der Waals surface area contributed by atoms with E-state index in [1.54, 1.807) is 6.08 Å². The van der Waals surface area contributed by atoms with Gasteiger partial charge in [0, 0.05) is 0 Å². The quantitative estimate of drug-likeness (QED) is 0.544. The molecule has 0 aliphatic rings. The topological polar surface area (TPSA) is 0 Å². The molecule has 1 atom stereocenters. The van der Waals surface area contributed by atoms with Gasteiger partial charge in [-0.15, -0.1) is 0 Å². The maximum absolute atomic E-state index is 3.93. The second kappa shape index (κ2) is 10.2. The van der Waals surface area contributed by atoms with Crippen molar-refractivity contribution in [2.45, 2.75) is 34.1 Å². The fourth-order valence-corrected chi connectivity index (χ4v) is 0.618. The smallest absolute Gasteiger partial charge is 0.0199 e. The molecule has 0 N–H and O–H groups in total. The van der Waals surface area contributed by atoms with Crippen LogP contribution in [0.2, 0.25) is 0 Å². The first-order valence-corrected chi connectivity index (χ1v) is 4.70. The fraction of sp³-hybridized carbons (Fsp3) is 0.500. The number of allylic oxidation sites excluding steroid dienone is 4. The average molecular weight is 166 g/mol. The van der Waals surface area contributed by atoms with E-state index in [2.05, 4.69) is 27.0 Å². The summed E-state index contributed by atoms with van der Waals surface area (Å²) in [5, 5.41) is 0. The van der Waals surface area contributed by atoms with E-state index < -0.39 is 0 Å². The Balaban J connectivity index is 0. The van der Waals surface area contributed by atoms with Gasteiger partial charge in [-0.1, -0.05) is 64.7 Å². The Hall–Kier alpha value is -0.780. The van der Waals surface area contributed by atoms with E-state index in [4.69, 9.17) is 0 Å². The van der Waals surface area contributed by atoms with Crippen LogP contribution in [0.25, 0.3) is 0 Å². The van der Waals surface area contributed by atoms with Gasteiger partial charge in [-0.25, -0.2) is 0 Å². The second-order valence-corrected chi connectivity index (χ2v) is 2.48. The predicted molar refractivity (Wildman–Crippen MR) is 59.3 cm³/mol. The van der Waals surface area contributed by atoms with Crippen molar-refractivity contribution in [3.8, 4) is 0 Å². The van der Waals surface area contributed by atoms with Gasteiger partial charge in [0.15, 0.2) is 0 Å². The third kappa shape index (κ3) is 7.33. The first-order valence-electron chi connectivity index (χ1n) is 4.70. The molecular formula is C12H22. The van der Waals surface area contributed by atoms with Crippen molar-refractivity contribution in [3.05, 3.63) is 37.0 Å². The van der Waals surface area contributed by atoms with Crippen LogP contribution in [0.1, 0.15) is 34.1 Å².